The third-order valence-electron chi connectivity index (χ3n) is 4.88. The SMILES string of the molecule is CCOc1cccc(C(=O)c2ncc(-c3nnnn3C)c3cc(OC)c(OC)cc23)c1. The van der Waals surface area contributed by atoms with Gasteiger partial charge in [-0.3, -0.25) is 9.78 Å². The first-order valence-electron chi connectivity index (χ1n) is 9.62. The largest absolute Gasteiger partial charge is 0.494 e. The molecule has 0 fully saturated rings. The van der Waals surface area contributed by atoms with Crippen LogP contribution in [0.5, 0.6) is 17.2 Å². The van der Waals surface area contributed by atoms with Gasteiger partial charge in [-0.2, -0.15) is 0 Å². The fourth-order valence-electron chi connectivity index (χ4n) is 3.41. The van der Waals surface area contributed by atoms with Gasteiger partial charge in [-0.25, -0.2) is 4.68 Å². The molecule has 9 heteroatoms. The number of benzene rings is 2. The molecule has 0 radical (unpaired) electrons. The maximum atomic E-state index is 13.4. The Morgan fingerprint density at radius 1 is 1.06 bits per heavy atom. The number of methoxy groups -OCH3 is 2. The van der Waals surface area contributed by atoms with E-state index in [4.69, 9.17) is 14.2 Å². The van der Waals surface area contributed by atoms with Crippen LogP contribution in [0, 0.1) is 0 Å². The van der Waals surface area contributed by atoms with E-state index >= 15 is 0 Å². The van der Waals surface area contributed by atoms with Crippen LogP contribution in [-0.4, -0.2) is 51.8 Å². The van der Waals surface area contributed by atoms with Gasteiger partial charge in [0, 0.05) is 35.1 Å². The lowest BCUT2D eigenvalue weighted by molar-refractivity contribution is 0.103. The lowest BCUT2D eigenvalue weighted by atomic mass is 9.98. The number of aryl methyl sites for hydroxylation is 1. The van der Waals surface area contributed by atoms with Crippen molar-refractivity contribution in [3.63, 3.8) is 0 Å². The number of fused-ring (bicyclic) bond motifs is 1. The molecule has 0 aliphatic rings. The Hall–Kier alpha value is -4.01. The summed E-state index contributed by atoms with van der Waals surface area (Å²) in [6.45, 7) is 2.40. The quantitative estimate of drug-likeness (QED) is 0.421. The molecule has 2 aromatic heterocycles. The van der Waals surface area contributed by atoms with Crippen molar-refractivity contribution in [2.45, 2.75) is 6.92 Å². The van der Waals surface area contributed by atoms with Crippen LogP contribution in [0.2, 0.25) is 0 Å². The van der Waals surface area contributed by atoms with Crippen molar-refractivity contribution in [3.05, 3.63) is 53.9 Å². The maximum absolute atomic E-state index is 13.4. The van der Waals surface area contributed by atoms with E-state index < -0.39 is 0 Å². The molecule has 9 nitrogen and oxygen atoms in total. The molecule has 0 aliphatic carbocycles. The predicted octanol–water partition coefficient (Wildman–Crippen LogP) is 3.07. The van der Waals surface area contributed by atoms with Crippen LogP contribution in [0.15, 0.2) is 42.6 Å². The summed E-state index contributed by atoms with van der Waals surface area (Å²) in [6, 6.07) is 10.6. The lowest BCUT2D eigenvalue weighted by Gasteiger charge is -2.14. The van der Waals surface area contributed by atoms with Crippen molar-refractivity contribution in [2.75, 3.05) is 20.8 Å². The van der Waals surface area contributed by atoms with Gasteiger partial charge in [0.1, 0.15) is 11.4 Å². The summed E-state index contributed by atoms with van der Waals surface area (Å²) in [5.74, 6) is 1.92. The minimum absolute atomic E-state index is 0.235. The van der Waals surface area contributed by atoms with E-state index in [0.717, 1.165) is 5.39 Å². The number of aromatic nitrogens is 5. The van der Waals surface area contributed by atoms with Crippen molar-refractivity contribution in [3.8, 4) is 28.6 Å². The van der Waals surface area contributed by atoms with Crippen molar-refractivity contribution in [1.82, 2.24) is 25.2 Å². The number of hydrogen-bond donors (Lipinski definition) is 0. The summed E-state index contributed by atoms with van der Waals surface area (Å²) in [5.41, 5.74) is 1.43. The van der Waals surface area contributed by atoms with Crippen LogP contribution < -0.4 is 14.2 Å². The van der Waals surface area contributed by atoms with Crippen molar-refractivity contribution in [1.29, 1.82) is 0 Å². The second-order valence-electron chi connectivity index (χ2n) is 6.69. The van der Waals surface area contributed by atoms with E-state index in [1.807, 2.05) is 13.0 Å². The molecule has 0 N–H and O–H groups in total. The molecule has 0 aliphatic heterocycles. The molecule has 158 valence electrons. The zero-order valence-electron chi connectivity index (χ0n) is 17.6. The minimum Gasteiger partial charge on any atom is -0.494 e. The summed E-state index contributed by atoms with van der Waals surface area (Å²) in [4.78, 5) is 17.9. The van der Waals surface area contributed by atoms with Crippen LogP contribution in [0.3, 0.4) is 0 Å². The summed E-state index contributed by atoms with van der Waals surface area (Å²) in [7, 11) is 4.83. The first-order valence-corrected chi connectivity index (χ1v) is 9.62. The van der Waals surface area contributed by atoms with Gasteiger partial charge in [-0.1, -0.05) is 12.1 Å². The topological polar surface area (TPSA) is 101 Å². The molecule has 0 unspecified atom stereocenters. The number of hydrogen-bond acceptors (Lipinski definition) is 8. The summed E-state index contributed by atoms with van der Waals surface area (Å²) in [5, 5.41) is 13.0. The molecule has 0 atom stereocenters. The van der Waals surface area contributed by atoms with Crippen molar-refractivity contribution in [2.24, 2.45) is 7.05 Å². The Labute approximate surface area is 178 Å². The summed E-state index contributed by atoms with van der Waals surface area (Å²) < 4.78 is 18.0. The van der Waals surface area contributed by atoms with Gasteiger partial charge >= 0.3 is 0 Å². The fraction of sp³-hybridized carbons (Fsp3) is 0.227. The van der Waals surface area contributed by atoms with Crippen LogP contribution in [0.25, 0.3) is 22.2 Å². The summed E-state index contributed by atoms with van der Waals surface area (Å²) >= 11 is 0. The number of rotatable bonds is 7. The Bertz CT molecular complexity index is 1270. The Morgan fingerprint density at radius 3 is 2.45 bits per heavy atom. The third kappa shape index (κ3) is 3.65. The van der Waals surface area contributed by atoms with Gasteiger partial charge in [0.25, 0.3) is 0 Å². The third-order valence-corrected chi connectivity index (χ3v) is 4.88. The molecule has 0 saturated heterocycles. The molecular formula is C22H21N5O4. The Kier molecular flexibility index (Phi) is 5.48. The second kappa shape index (κ2) is 8.39. The van der Waals surface area contributed by atoms with Gasteiger partial charge in [0.05, 0.1) is 20.8 Å². The van der Waals surface area contributed by atoms with E-state index in [9.17, 15) is 4.79 Å². The standard InChI is InChI=1S/C22H21N5O4/c1-5-31-14-8-6-7-13(9-14)21(28)20-16-11-19(30-4)18(29-3)10-15(16)17(12-23-20)22-24-25-26-27(22)2/h6-12H,5H2,1-4H3. The fourth-order valence-corrected chi connectivity index (χ4v) is 3.41. The normalized spacial score (nSPS) is 10.8. The zero-order chi connectivity index (χ0) is 22.0. The summed E-state index contributed by atoms with van der Waals surface area (Å²) in [6.07, 6.45) is 1.60. The second-order valence-corrected chi connectivity index (χ2v) is 6.69. The number of ketones is 1. The Morgan fingerprint density at radius 2 is 1.81 bits per heavy atom. The molecule has 4 rings (SSSR count). The molecule has 0 spiro atoms. The highest BCUT2D eigenvalue weighted by Gasteiger charge is 2.21. The number of ether oxygens (including phenoxy) is 3. The monoisotopic (exact) mass is 419 g/mol. The van der Waals surface area contributed by atoms with Crippen LogP contribution in [0.1, 0.15) is 23.0 Å². The molecular weight excluding hydrogens is 398 g/mol. The minimum atomic E-state index is -0.235. The molecule has 31 heavy (non-hydrogen) atoms. The molecule has 2 aromatic carbocycles. The smallest absolute Gasteiger partial charge is 0.212 e. The van der Waals surface area contributed by atoms with E-state index in [1.165, 1.54) is 0 Å². The number of carbonyl (C=O) groups excluding carboxylic acids is 1. The molecule has 0 amide bonds. The lowest BCUT2D eigenvalue weighted by Crippen LogP contribution is -2.07. The number of pyridine rings is 1. The van der Waals surface area contributed by atoms with Gasteiger partial charge in [-0.15, -0.1) is 5.10 Å². The van der Waals surface area contributed by atoms with Crippen LogP contribution >= 0.6 is 0 Å². The first-order chi connectivity index (χ1) is 15.1. The van der Waals surface area contributed by atoms with Crippen molar-refractivity contribution < 1.29 is 19.0 Å². The molecule has 2 heterocycles. The highest BCUT2D eigenvalue weighted by Crippen LogP contribution is 2.37. The van der Waals surface area contributed by atoms with Crippen LogP contribution in [-0.2, 0) is 7.05 Å². The number of carbonyl (C=O) groups is 1. The highest BCUT2D eigenvalue weighted by molar-refractivity contribution is 6.17. The first kappa shape index (κ1) is 20.3. The van der Waals surface area contributed by atoms with E-state index in [2.05, 4.69) is 20.5 Å². The van der Waals surface area contributed by atoms with Gasteiger partial charge in [0.15, 0.2) is 17.3 Å². The average molecular weight is 419 g/mol. The maximum Gasteiger partial charge on any atom is 0.212 e. The molecule has 0 bridgehead atoms. The zero-order valence-corrected chi connectivity index (χ0v) is 17.6. The van der Waals surface area contributed by atoms with Gasteiger partial charge in [0.2, 0.25) is 5.78 Å². The molecule has 0 saturated carbocycles. The van der Waals surface area contributed by atoms with Gasteiger partial charge < -0.3 is 14.2 Å². The van der Waals surface area contributed by atoms with Gasteiger partial charge in [-0.05, 0) is 41.6 Å². The van der Waals surface area contributed by atoms with E-state index in [0.29, 0.717) is 46.2 Å². The molecule has 4 aromatic rings. The van der Waals surface area contributed by atoms with Crippen molar-refractivity contribution >= 4 is 16.6 Å². The highest BCUT2D eigenvalue weighted by atomic mass is 16.5. The van der Waals surface area contributed by atoms with E-state index in [-0.39, 0.29) is 11.5 Å². The average Bonchev–Trinajstić information content (AvgIpc) is 3.22. The van der Waals surface area contributed by atoms with E-state index in [1.54, 1.807) is 62.5 Å². The predicted molar refractivity (Wildman–Crippen MR) is 114 cm³/mol. The number of tetrazole rings is 1. The van der Waals surface area contributed by atoms with Crippen LogP contribution in [0.4, 0.5) is 0 Å². The number of nitrogens with zero attached hydrogens (tertiary/aromatic N) is 5. The Balaban J connectivity index is 1.95.